The molecule has 47 heavy (non-hydrogen) atoms. The lowest BCUT2D eigenvalue weighted by atomic mass is 9.73. The quantitative estimate of drug-likeness (QED) is 0.200. The molecule has 5 heteroatoms. The van der Waals surface area contributed by atoms with E-state index in [1.165, 1.54) is 22.5 Å². The van der Waals surface area contributed by atoms with Crippen molar-refractivity contribution in [2.45, 2.75) is 19.3 Å². The minimum Gasteiger partial charge on any atom is -0.310 e. The topological polar surface area (TPSA) is 46.8 Å². The van der Waals surface area contributed by atoms with E-state index in [1.54, 1.807) is 0 Å². The number of nitrogens with zero attached hydrogens (tertiary/aromatic N) is 5. The van der Waals surface area contributed by atoms with Crippen LogP contribution in [0.5, 0.6) is 0 Å². The van der Waals surface area contributed by atoms with E-state index < -0.39 is 0 Å². The molecule has 5 nitrogen and oxygen atoms in total. The van der Waals surface area contributed by atoms with Crippen molar-refractivity contribution in [1.82, 2.24) is 19.5 Å². The third kappa shape index (κ3) is 4.27. The molecule has 2 aromatic heterocycles. The van der Waals surface area contributed by atoms with Gasteiger partial charge in [-0.3, -0.25) is 4.57 Å². The molecule has 0 aliphatic carbocycles. The Balaban J connectivity index is 1.37. The Morgan fingerprint density at radius 2 is 1.04 bits per heavy atom. The number of hydrogen-bond acceptors (Lipinski definition) is 4. The van der Waals surface area contributed by atoms with Gasteiger partial charge < -0.3 is 4.90 Å². The fourth-order valence-electron chi connectivity index (χ4n) is 7.13. The Labute approximate surface area is 273 Å². The summed E-state index contributed by atoms with van der Waals surface area (Å²) in [7, 11) is 0. The van der Waals surface area contributed by atoms with Crippen LogP contribution in [0.4, 0.5) is 17.1 Å². The van der Waals surface area contributed by atoms with Gasteiger partial charge in [-0.15, -0.1) is 0 Å². The number of hydrogen-bond donors (Lipinski definition) is 0. The largest absolute Gasteiger partial charge is 0.310 e. The van der Waals surface area contributed by atoms with Crippen molar-refractivity contribution in [3.63, 3.8) is 0 Å². The number of para-hydroxylation sites is 3. The van der Waals surface area contributed by atoms with Crippen LogP contribution in [-0.4, -0.2) is 19.5 Å². The molecule has 1 aliphatic heterocycles. The SMILES string of the molecule is CC1(C)c2ccccc2N(c2ccccc2)c2cc3c4ccccc4n(-c4nc(-c5ccccc5)nc(-c5ccccc5)n4)c3cc21. The Morgan fingerprint density at radius 3 is 1.72 bits per heavy atom. The third-order valence-corrected chi connectivity index (χ3v) is 9.42. The first kappa shape index (κ1) is 27.3. The normalized spacial score (nSPS) is 13.4. The molecule has 1 aliphatic rings. The summed E-state index contributed by atoms with van der Waals surface area (Å²) in [6.45, 7) is 4.66. The van der Waals surface area contributed by atoms with Gasteiger partial charge in [-0.1, -0.05) is 129 Å². The lowest BCUT2D eigenvalue weighted by Crippen LogP contribution is -2.30. The number of benzene rings is 6. The van der Waals surface area contributed by atoms with E-state index in [0.717, 1.165) is 38.6 Å². The first-order valence-electron chi connectivity index (χ1n) is 16.0. The Bertz CT molecular complexity index is 2370. The maximum Gasteiger partial charge on any atom is 0.238 e. The van der Waals surface area contributed by atoms with Crippen molar-refractivity contribution in [2.75, 3.05) is 4.90 Å². The molecule has 0 unspecified atom stereocenters. The van der Waals surface area contributed by atoms with Crippen LogP contribution >= 0.6 is 0 Å². The Hall–Kier alpha value is -6.07. The number of rotatable bonds is 4. The molecule has 3 heterocycles. The summed E-state index contributed by atoms with van der Waals surface area (Å²) in [4.78, 5) is 17.7. The molecule has 0 spiro atoms. The van der Waals surface area contributed by atoms with Gasteiger partial charge in [0.2, 0.25) is 5.95 Å². The van der Waals surface area contributed by atoms with E-state index in [2.05, 4.69) is 114 Å². The highest BCUT2D eigenvalue weighted by atomic mass is 15.2. The van der Waals surface area contributed by atoms with Crippen molar-refractivity contribution >= 4 is 38.9 Å². The van der Waals surface area contributed by atoms with Gasteiger partial charge >= 0.3 is 0 Å². The summed E-state index contributed by atoms with van der Waals surface area (Å²) < 4.78 is 2.22. The van der Waals surface area contributed by atoms with Gasteiger partial charge in [-0.05, 0) is 47.5 Å². The molecule has 0 bridgehead atoms. The second-order valence-electron chi connectivity index (χ2n) is 12.6. The summed E-state index contributed by atoms with van der Waals surface area (Å²) in [5.74, 6) is 1.88. The Kier molecular flexibility index (Phi) is 6.09. The average Bonchev–Trinajstić information content (AvgIpc) is 3.46. The van der Waals surface area contributed by atoms with Crippen molar-refractivity contribution in [3.8, 4) is 28.7 Å². The number of fused-ring (bicyclic) bond motifs is 5. The van der Waals surface area contributed by atoms with Gasteiger partial charge in [0.25, 0.3) is 0 Å². The predicted molar refractivity (Wildman–Crippen MR) is 192 cm³/mol. The zero-order chi connectivity index (χ0) is 31.5. The molecule has 0 N–H and O–H groups in total. The van der Waals surface area contributed by atoms with E-state index in [4.69, 9.17) is 15.0 Å². The number of anilines is 3. The molecule has 0 radical (unpaired) electrons. The van der Waals surface area contributed by atoms with Crippen molar-refractivity contribution < 1.29 is 0 Å². The van der Waals surface area contributed by atoms with Crippen LogP contribution in [-0.2, 0) is 5.41 Å². The van der Waals surface area contributed by atoms with E-state index in [9.17, 15) is 0 Å². The summed E-state index contributed by atoms with van der Waals surface area (Å²) in [6.07, 6.45) is 0. The molecular formula is C42H31N5. The minimum atomic E-state index is -0.254. The predicted octanol–water partition coefficient (Wildman–Crippen LogP) is 10.4. The molecule has 0 saturated carbocycles. The average molecular weight is 606 g/mol. The van der Waals surface area contributed by atoms with E-state index in [0.29, 0.717) is 17.6 Å². The van der Waals surface area contributed by atoms with E-state index in [1.807, 2.05) is 60.7 Å². The van der Waals surface area contributed by atoms with Gasteiger partial charge in [0.1, 0.15) is 0 Å². The number of aromatic nitrogens is 4. The molecule has 0 saturated heterocycles. The lowest BCUT2D eigenvalue weighted by Gasteiger charge is -2.42. The summed E-state index contributed by atoms with van der Waals surface area (Å²) in [5.41, 5.74) is 9.81. The van der Waals surface area contributed by atoms with Gasteiger partial charge in [0.05, 0.1) is 22.4 Å². The van der Waals surface area contributed by atoms with Crippen LogP contribution < -0.4 is 4.90 Å². The molecule has 8 aromatic rings. The Morgan fingerprint density at radius 1 is 0.468 bits per heavy atom. The van der Waals surface area contributed by atoms with Gasteiger partial charge in [0.15, 0.2) is 11.6 Å². The molecule has 9 rings (SSSR count). The zero-order valence-corrected chi connectivity index (χ0v) is 26.2. The maximum absolute atomic E-state index is 5.15. The first-order chi connectivity index (χ1) is 23.1. The van der Waals surface area contributed by atoms with Crippen LogP contribution in [0.3, 0.4) is 0 Å². The van der Waals surface area contributed by atoms with Crippen LogP contribution in [0, 0.1) is 0 Å². The van der Waals surface area contributed by atoms with Crippen LogP contribution in [0.2, 0.25) is 0 Å². The maximum atomic E-state index is 5.15. The van der Waals surface area contributed by atoms with Crippen LogP contribution in [0.25, 0.3) is 50.5 Å². The third-order valence-electron chi connectivity index (χ3n) is 9.42. The van der Waals surface area contributed by atoms with Gasteiger partial charge in [-0.2, -0.15) is 9.97 Å². The highest BCUT2D eigenvalue weighted by molar-refractivity contribution is 6.11. The smallest absolute Gasteiger partial charge is 0.238 e. The molecular weight excluding hydrogens is 574 g/mol. The first-order valence-corrected chi connectivity index (χ1v) is 16.0. The van der Waals surface area contributed by atoms with Crippen molar-refractivity contribution in [1.29, 1.82) is 0 Å². The second kappa shape index (κ2) is 10.5. The molecule has 0 amide bonds. The molecule has 6 aromatic carbocycles. The van der Waals surface area contributed by atoms with Gasteiger partial charge in [-0.25, -0.2) is 4.98 Å². The second-order valence-corrected chi connectivity index (χ2v) is 12.6. The van der Waals surface area contributed by atoms with Crippen molar-refractivity contribution in [2.24, 2.45) is 0 Å². The molecule has 0 fully saturated rings. The standard InChI is InChI=1S/C42H31N5/c1-42(2)33-23-13-15-25-36(33)46(30-20-10-5-11-21-30)38-26-32-31-22-12-14-24-35(31)47(37(32)27-34(38)42)41-44-39(28-16-6-3-7-17-28)43-40(45-41)29-18-8-4-9-19-29/h3-27H,1-2H3. The minimum absolute atomic E-state index is 0.254. The fourth-order valence-corrected chi connectivity index (χ4v) is 7.13. The highest BCUT2D eigenvalue weighted by Gasteiger charge is 2.37. The molecule has 0 atom stereocenters. The highest BCUT2D eigenvalue weighted by Crippen LogP contribution is 2.53. The van der Waals surface area contributed by atoms with Crippen LogP contribution in [0.15, 0.2) is 152 Å². The monoisotopic (exact) mass is 605 g/mol. The summed E-state index contributed by atoms with van der Waals surface area (Å²) in [5, 5.41) is 2.30. The van der Waals surface area contributed by atoms with E-state index >= 15 is 0 Å². The summed E-state index contributed by atoms with van der Waals surface area (Å²) >= 11 is 0. The lowest BCUT2D eigenvalue weighted by molar-refractivity contribution is 0.632. The van der Waals surface area contributed by atoms with Crippen LogP contribution in [0.1, 0.15) is 25.0 Å². The fraction of sp³-hybridized carbons (Fsp3) is 0.0714. The van der Waals surface area contributed by atoms with Crippen molar-refractivity contribution in [3.05, 3.63) is 163 Å². The zero-order valence-electron chi connectivity index (χ0n) is 26.2. The van der Waals surface area contributed by atoms with Gasteiger partial charge in [0, 0.05) is 33.0 Å². The van der Waals surface area contributed by atoms with E-state index in [-0.39, 0.29) is 5.41 Å². The summed E-state index contributed by atoms with van der Waals surface area (Å²) in [6, 6.07) is 53.0. The molecule has 224 valence electrons.